The summed E-state index contributed by atoms with van der Waals surface area (Å²) in [5.74, 6) is 0. The van der Waals surface area contributed by atoms with Gasteiger partial charge in [0.25, 0.3) is 0 Å². The molecule has 0 spiro atoms. The third kappa shape index (κ3) is 12.3. The molecule has 0 heterocycles. The lowest BCUT2D eigenvalue weighted by Crippen LogP contribution is -1.93. The maximum Gasteiger partial charge on any atom is -0.0285 e. The molecule has 130 valence electrons. The number of rotatable bonds is 17. The van der Waals surface area contributed by atoms with E-state index in [1.54, 1.807) is 5.57 Å². The Kier molecular flexibility index (Phi) is 14.1. The van der Waals surface area contributed by atoms with Crippen molar-refractivity contribution in [3.63, 3.8) is 0 Å². The van der Waals surface area contributed by atoms with E-state index in [0.29, 0.717) is 0 Å². The summed E-state index contributed by atoms with van der Waals surface area (Å²) in [5.41, 5.74) is 1.74. The zero-order valence-corrected chi connectivity index (χ0v) is 15.5. The largest absolute Gasteiger partial charge is 0.0850 e. The lowest BCUT2D eigenvalue weighted by atomic mass is 9.93. The van der Waals surface area contributed by atoms with E-state index in [1.807, 2.05) is 0 Å². The summed E-state index contributed by atoms with van der Waals surface area (Å²) in [6, 6.07) is 0. The summed E-state index contributed by atoms with van der Waals surface area (Å²) in [7, 11) is 0. The molecule has 0 N–H and O–H groups in total. The van der Waals surface area contributed by atoms with Crippen LogP contribution in [-0.4, -0.2) is 0 Å². The Morgan fingerprint density at radius 1 is 0.591 bits per heavy atom. The van der Waals surface area contributed by atoms with Crippen molar-refractivity contribution in [3.8, 4) is 0 Å². The predicted molar refractivity (Wildman–Crippen MR) is 101 cm³/mol. The zero-order chi connectivity index (χ0) is 15.7. The predicted octanol–water partition coefficient (Wildman–Crippen LogP) is 8.36. The highest BCUT2D eigenvalue weighted by Gasteiger charge is 2.04. The van der Waals surface area contributed by atoms with Gasteiger partial charge in [-0.1, -0.05) is 115 Å². The molecule has 22 heavy (non-hydrogen) atoms. The molecule has 0 radical (unpaired) electrons. The van der Waals surface area contributed by atoms with Crippen molar-refractivity contribution >= 4 is 0 Å². The molecule has 0 unspecified atom stereocenters. The van der Waals surface area contributed by atoms with Gasteiger partial charge in [-0.05, 0) is 25.7 Å². The maximum atomic E-state index is 2.44. The van der Waals surface area contributed by atoms with E-state index in [0.717, 1.165) is 0 Å². The topological polar surface area (TPSA) is 0 Å². The Morgan fingerprint density at radius 3 is 1.27 bits per heavy atom. The summed E-state index contributed by atoms with van der Waals surface area (Å²) in [6.07, 6.45) is 30.1. The maximum absolute atomic E-state index is 2.44. The lowest BCUT2D eigenvalue weighted by molar-refractivity contribution is 0.528. The van der Waals surface area contributed by atoms with E-state index in [-0.39, 0.29) is 0 Å². The van der Waals surface area contributed by atoms with Gasteiger partial charge < -0.3 is 0 Å². The van der Waals surface area contributed by atoms with Crippen LogP contribution in [-0.2, 0) is 0 Å². The second-order valence-corrected chi connectivity index (χ2v) is 7.45. The SMILES string of the molecule is CCCCCCCCCCCCCCCCCCC1=CCC1. The van der Waals surface area contributed by atoms with E-state index >= 15 is 0 Å². The van der Waals surface area contributed by atoms with Gasteiger partial charge in [-0.15, -0.1) is 0 Å². The van der Waals surface area contributed by atoms with E-state index in [9.17, 15) is 0 Å². The Labute approximate surface area is 141 Å². The molecule has 0 aliphatic heterocycles. The first-order chi connectivity index (χ1) is 10.9. The fourth-order valence-corrected chi connectivity index (χ4v) is 3.48. The molecule has 1 rings (SSSR count). The Morgan fingerprint density at radius 2 is 0.955 bits per heavy atom. The molecule has 0 bridgehead atoms. The van der Waals surface area contributed by atoms with Gasteiger partial charge in [-0.2, -0.15) is 0 Å². The van der Waals surface area contributed by atoms with Crippen molar-refractivity contribution in [1.82, 2.24) is 0 Å². The minimum atomic E-state index is 1.36. The van der Waals surface area contributed by atoms with E-state index in [1.165, 1.54) is 122 Å². The molecule has 0 aromatic heterocycles. The highest BCUT2D eigenvalue weighted by molar-refractivity contribution is 5.11. The standard InChI is InChI=1S/C22H42/c1-2-3-4-5-6-7-8-9-10-11-12-13-14-15-16-17-19-22-20-18-21-22/h20H,2-19,21H2,1H3. The Hall–Kier alpha value is -0.260. The molecule has 0 saturated heterocycles. The van der Waals surface area contributed by atoms with E-state index in [4.69, 9.17) is 0 Å². The van der Waals surface area contributed by atoms with Crippen molar-refractivity contribution in [2.24, 2.45) is 0 Å². The smallest absolute Gasteiger partial charge is 0.0285 e. The lowest BCUT2D eigenvalue weighted by Gasteiger charge is -2.13. The summed E-state index contributed by atoms with van der Waals surface area (Å²) in [5, 5.41) is 0. The molecule has 0 fully saturated rings. The normalized spacial score (nSPS) is 14.0. The van der Waals surface area contributed by atoms with Crippen LogP contribution >= 0.6 is 0 Å². The highest BCUT2D eigenvalue weighted by atomic mass is 14.1. The number of allylic oxidation sites excluding steroid dienone is 2. The molecule has 0 heteroatoms. The third-order valence-corrected chi connectivity index (χ3v) is 5.25. The van der Waals surface area contributed by atoms with Gasteiger partial charge in [-0.3, -0.25) is 0 Å². The molecule has 1 aliphatic rings. The first kappa shape index (κ1) is 19.8. The molecular formula is C22H42. The summed E-state index contributed by atoms with van der Waals surface area (Å²) < 4.78 is 0. The molecule has 1 aliphatic carbocycles. The molecule has 0 aromatic rings. The number of hydrogen-bond donors (Lipinski definition) is 0. The summed E-state index contributed by atoms with van der Waals surface area (Å²) in [6.45, 7) is 2.30. The van der Waals surface area contributed by atoms with E-state index in [2.05, 4.69) is 13.0 Å². The molecule has 0 nitrogen and oxygen atoms in total. The van der Waals surface area contributed by atoms with Crippen molar-refractivity contribution in [3.05, 3.63) is 11.6 Å². The van der Waals surface area contributed by atoms with Crippen molar-refractivity contribution in [1.29, 1.82) is 0 Å². The summed E-state index contributed by atoms with van der Waals surface area (Å²) >= 11 is 0. The number of hydrogen-bond acceptors (Lipinski definition) is 0. The van der Waals surface area contributed by atoms with Gasteiger partial charge in [0.15, 0.2) is 0 Å². The first-order valence-electron chi connectivity index (χ1n) is 10.6. The molecule has 0 aromatic carbocycles. The Balaban J connectivity index is 1.63. The first-order valence-corrected chi connectivity index (χ1v) is 10.6. The third-order valence-electron chi connectivity index (χ3n) is 5.25. The zero-order valence-electron chi connectivity index (χ0n) is 15.5. The van der Waals surface area contributed by atoms with Gasteiger partial charge in [-0.25, -0.2) is 0 Å². The Bertz CT molecular complexity index is 251. The highest BCUT2D eigenvalue weighted by Crippen LogP contribution is 2.24. The second kappa shape index (κ2) is 15.6. The van der Waals surface area contributed by atoms with Gasteiger partial charge in [0.05, 0.1) is 0 Å². The van der Waals surface area contributed by atoms with Crippen LogP contribution in [0.15, 0.2) is 11.6 Å². The average Bonchev–Trinajstić information content (AvgIpc) is 2.48. The number of unbranched alkanes of at least 4 members (excludes halogenated alkanes) is 15. The molecule has 0 atom stereocenters. The average molecular weight is 307 g/mol. The van der Waals surface area contributed by atoms with Crippen LogP contribution in [0, 0.1) is 0 Å². The van der Waals surface area contributed by atoms with Crippen molar-refractivity contribution < 1.29 is 0 Å². The fraction of sp³-hybridized carbons (Fsp3) is 0.909. The van der Waals surface area contributed by atoms with Gasteiger partial charge in [0, 0.05) is 0 Å². The van der Waals surface area contributed by atoms with Crippen LogP contribution in [0.2, 0.25) is 0 Å². The van der Waals surface area contributed by atoms with Gasteiger partial charge in [0.1, 0.15) is 0 Å². The van der Waals surface area contributed by atoms with Crippen LogP contribution in [0.1, 0.15) is 129 Å². The minimum Gasteiger partial charge on any atom is -0.0850 e. The van der Waals surface area contributed by atoms with Gasteiger partial charge >= 0.3 is 0 Å². The molecule has 0 amide bonds. The van der Waals surface area contributed by atoms with Crippen LogP contribution in [0.3, 0.4) is 0 Å². The molecule has 0 saturated carbocycles. The van der Waals surface area contributed by atoms with Crippen LogP contribution in [0.25, 0.3) is 0 Å². The fourth-order valence-electron chi connectivity index (χ4n) is 3.48. The van der Waals surface area contributed by atoms with Crippen LogP contribution < -0.4 is 0 Å². The molecular weight excluding hydrogens is 264 g/mol. The van der Waals surface area contributed by atoms with E-state index < -0.39 is 0 Å². The van der Waals surface area contributed by atoms with Crippen LogP contribution in [0.5, 0.6) is 0 Å². The summed E-state index contributed by atoms with van der Waals surface area (Å²) in [4.78, 5) is 0. The second-order valence-electron chi connectivity index (χ2n) is 7.45. The quantitative estimate of drug-likeness (QED) is 0.187. The van der Waals surface area contributed by atoms with Crippen molar-refractivity contribution in [2.75, 3.05) is 0 Å². The van der Waals surface area contributed by atoms with Gasteiger partial charge in [0.2, 0.25) is 0 Å². The van der Waals surface area contributed by atoms with Crippen LogP contribution in [0.4, 0.5) is 0 Å². The minimum absolute atomic E-state index is 1.36. The monoisotopic (exact) mass is 306 g/mol. The van der Waals surface area contributed by atoms with Crippen molar-refractivity contribution in [2.45, 2.75) is 129 Å².